The van der Waals surface area contributed by atoms with E-state index in [1.807, 2.05) is 6.07 Å². The number of carbonyl (C=O) groups excluding carboxylic acids is 1. The van der Waals surface area contributed by atoms with Crippen LogP contribution in [0.1, 0.15) is 53.7 Å². The van der Waals surface area contributed by atoms with Crippen LogP contribution in [0.15, 0.2) is 77.7 Å². The molecule has 0 spiro atoms. The number of amides is 1. The number of sulfone groups is 1. The van der Waals surface area contributed by atoms with Crippen molar-refractivity contribution in [1.29, 1.82) is 5.26 Å². The molecule has 0 aliphatic carbocycles. The Morgan fingerprint density at radius 1 is 1.04 bits per heavy atom. The third kappa shape index (κ3) is 8.95. The standard InChI is InChI=1S/C32H32F5N3O5S/c1-2-46(42,43)28-15-7-21(8-16-28)29(4-3-17-38)39-30(41)22-5-11-24(12-6-22)40-19-27(18-25(40)20-44-31(33)34)45-26-13-9-23(10-14-26)32(35,36)37/h5-16,25,27,29,31H,2-4,18-20H2,1H3,(H,39,41)/t25-,27+,29-/m0/s1. The van der Waals surface area contributed by atoms with Gasteiger partial charge in [0.1, 0.15) is 11.9 Å². The number of benzene rings is 3. The maximum atomic E-state index is 13.2. The van der Waals surface area contributed by atoms with Crippen molar-refractivity contribution in [3.63, 3.8) is 0 Å². The predicted octanol–water partition coefficient (Wildman–Crippen LogP) is 6.54. The number of halogens is 5. The quantitative estimate of drug-likeness (QED) is 0.207. The third-order valence-corrected chi connectivity index (χ3v) is 9.36. The molecule has 0 unspecified atom stereocenters. The van der Waals surface area contributed by atoms with E-state index < -0.39 is 52.3 Å². The van der Waals surface area contributed by atoms with E-state index in [1.165, 1.54) is 24.3 Å². The van der Waals surface area contributed by atoms with Crippen LogP contribution in [0.3, 0.4) is 0 Å². The Kier molecular flexibility index (Phi) is 11.2. The lowest BCUT2D eigenvalue weighted by Gasteiger charge is -2.26. The van der Waals surface area contributed by atoms with Crippen LogP contribution in [0.5, 0.6) is 5.75 Å². The Hall–Kier alpha value is -4.22. The molecule has 1 amide bonds. The molecule has 1 fully saturated rings. The minimum atomic E-state index is -4.49. The van der Waals surface area contributed by atoms with Crippen molar-refractivity contribution in [3.8, 4) is 11.8 Å². The van der Waals surface area contributed by atoms with E-state index in [2.05, 4.69) is 10.1 Å². The highest BCUT2D eigenvalue weighted by Gasteiger charge is 2.35. The number of rotatable bonds is 13. The Morgan fingerprint density at radius 3 is 2.26 bits per heavy atom. The summed E-state index contributed by atoms with van der Waals surface area (Å²) < 4.78 is 99.3. The molecular formula is C32H32F5N3O5S. The lowest BCUT2D eigenvalue weighted by atomic mass is 10.0. The van der Waals surface area contributed by atoms with Gasteiger partial charge in [0.05, 0.1) is 47.5 Å². The van der Waals surface area contributed by atoms with E-state index in [0.29, 0.717) is 17.7 Å². The molecule has 3 aromatic carbocycles. The molecule has 1 saturated heterocycles. The maximum absolute atomic E-state index is 13.2. The van der Waals surface area contributed by atoms with Crippen LogP contribution in [0.4, 0.5) is 27.6 Å². The summed E-state index contributed by atoms with van der Waals surface area (Å²) in [4.78, 5) is 15.1. The molecule has 14 heteroatoms. The molecule has 4 rings (SSSR count). The Bertz CT molecular complexity index is 1610. The smallest absolute Gasteiger partial charge is 0.416 e. The number of hydrogen-bond donors (Lipinski definition) is 1. The van der Waals surface area contributed by atoms with E-state index in [-0.39, 0.29) is 48.0 Å². The summed E-state index contributed by atoms with van der Waals surface area (Å²) in [6.45, 7) is -1.56. The van der Waals surface area contributed by atoms with Crippen LogP contribution in [0.2, 0.25) is 0 Å². The van der Waals surface area contributed by atoms with Crippen LogP contribution in [0, 0.1) is 11.3 Å². The number of nitriles is 1. The second-order valence-electron chi connectivity index (χ2n) is 10.6. The molecule has 3 aromatic rings. The highest BCUT2D eigenvalue weighted by Crippen LogP contribution is 2.33. The Morgan fingerprint density at radius 2 is 1.70 bits per heavy atom. The van der Waals surface area contributed by atoms with Crippen molar-refractivity contribution in [2.75, 3.05) is 23.8 Å². The van der Waals surface area contributed by atoms with Gasteiger partial charge in [-0.15, -0.1) is 0 Å². The molecule has 3 atom stereocenters. The molecule has 1 aliphatic rings. The fourth-order valence-corrected chi connectivity index (χ4v) is 6.07. The molecule has 1 heterocycles. The van der Waals surface area contributed by atoms with Crippen LogP contribution in [0.25, 0.3) is 0 Å². The van der Waals surface area contributed by atoms with Gasteiger partial charge in [-0.3, -0.25) is 4.79 Å². The summed E-state index contributed by atoms with van der Waals surface area (Å²) in [5.41, 5.74) is 0.685. The average Bonchev–Trinajstić information content (AvgIpc) is 3.44. The summed E-state index contributed by atoms with van der Waals surface area (Å²) in [7, 11) is -3.41. The Balaban J connectivity index is 1.46. The number of ether oxygens (including phenoxy) is 2. The zero-order valence-electron chi connectivity index (χ0n) is 24.7. The van der Waals surface area contributed by atoms with Gasteiger partial charge >= 0.3 is 12.8 Å². The number of anilines is 1. The van der Waals surface area contributed by atoms with Gasteiger partial charge in [0.15, 0.2) is 9.84 Å². The van der Waals surface area contributed by atoms with E-state index in [1.54, 1.807) is 48.2 Å². The van der Waals surface area contributed by atoms with E-state index in [9.17, 15) is 35.2 Å². The maximum Gasteiger partial charge on any atom is 0.416 e. The largest absolute Gasteiger partial charge is 0.489 e. The topological polar surface area (TPSA) is 109 Å². The first-order chi connectivity index (χ1) is 21.8. The summed E-state index contributed by atoms with van der Waals surface area (Å²) in [5.74, 6) is -0.295. The number of hydrogen-bond acceptors (Lipinski definition) is 7. The van der Waals surface area contributed by atoms with Crippen molar-refractivity contribution in [2.45, 2.75) is 62.1 Å². The normalized spacial score (nSPS) is 17.5. The summed E-state index contributed by atoms with van der Waals surface area (Å²) >= 11 is 0. The SMILES string of the molecule is CCS(=O)(=O)c1ccc([C@H](CCC#N)NC(=O)c2ccc(N3C[C@H](Oc4ccc(C(F)(F)F)cc4)C[C@H]3COC(F)F)cc2)cc1. The first kappa shape index (κ1) is 34.6. The molecular weight excluding hydrogens is 633 g/mol. The molecule has 246 valence electrons. The zero-order chi connectivity index (χ0) is 33.5. The van der Waals surface area contributed by atoms with Crippen LogP contribution >= 0.6 is 0 Å². The molecule has 1 aliphatic heterocycles. The van der Waals surface area contributed by atoms with Gasteiger partial charge in [-0.25, -0.2) is 8.42 Å². The number of alkyl halides is 5. The van der Waals surface area contributed by atoms with Crippen molar-refractivity contribution >= 4 is 21.4 Å². The monoisotopic (exact) mass is 665 g/mol. The minimum Gasteiger partial charge on any atom is -0.489 e. The molecule has 46 heavy (non-hydrogen) atoms. The van der Waals surface area contributed by atoms with Crippen LogP contribution in [-0.2, 0) is 20.8 Å². The van der Waals surface area contributed by atoms with Gasteiger partial charge in [-0.2, -0.15) is 27.2 Å². The zero-order valence-corrected chi connectivity index (χ0v) is 25.5. The van der Waals surface area contributed by atoms with Crippen molar-refractivity contribution in [3.05, 3.63) is 89.5 Å². The van der Waals surface area contributed by atoms with Crippen molar-refractivity contribution in [2.24, 2.45) is 0 Å². The summed E-state index contributed by atoms with van der Waals surface area (Å²) in [6.07, 6.45) is -4.34. The van der Waals surface area contributed by atoms with E-state index in [0.717, 1.165) is 12.1 Å². The molecule has 0 aromatic heterocycles. The van der Waals surface area contributed by atoms with Gasteiger partial charge in [0, 0.05) is 24.1 Å². The molecule has 0 saturated carbocycles. The fourth-order valence-electron chi connectivity index (χ4n) is 5.18. The lowest BCUT2D eigenvalue weighted by Crippen LogP contribution is -2.34. The minimum absolute atomic E-state index is 0.0544. The molecule has 1 N–H and O–H groups in total. The molecule has 8 nitrogen and oxygen atoms in total. The van der Waals surface area contributed by atoms with Gasteiger partial charge in [0.2, 0.25) is 0 Å². The van der Waals surface area contributed by atoms with Crippen LogP contribution in [-0.4, -0.2) is 52.0 Å². The highest BCUT2D eigenvalue weighted by molar-refractivity contribution is 7.91. The second kappa shape index (κ2) is 14.9. The van der Waals surface area contributed by atoms with Gasteiger partial charge in [-0.05, 0) is 72.6 Å². The number of nitrogens with zero attached hydrogens (tertiary/aromatic N) is 2. The highest BCUT2D eigenvalue weighted by atomic mass is 32.2. The Labute approximate surface area is 263 Å². The van der Waals surface area contributed by atoms with Crippen molar-refractivity contribution < 1.29 is 44.6 Å². The lowest BCUT2D eigenvalue weighted by molar-refractivity contribution is -0.137. The van der Waals surface area contributed by atoms with E-state index >= 15 is 0 Å². The van der Waals surface area contributed by atoms with Gasteiger partial charge in [-0.1, -0.05) is 19.1 Å². The number of nitrogens with one attached hydrogen (secondary N) is 1. The van der Waals surface area contributed by atoms with Gasteiger partial charge < -0.3 is 19.7 Å². The van der Waals surface area contributed by atoms with Gasteiger partial charge in [0.25, 0.3) is 5.91 Å². The fraction of sp³-hybridized carbons (Fsp3) is 0.375. The predicted molar refractivity (Wildman–Crippen MR) is 159 cm³/mol. The first-order valence-electron chi connectivity index (χ1n) is 14.4. The van der Waals surface area contributed by atoms with Crippen LogP contribution < -0.4 is 15.0 Å². The third-order valence-electron chi connectivity index (χ3n) is 7.61. The van der Waals surface area contributed by atoms with E-state index in [4.69, 9.17) is 10.00 Å². The average molecular weight is 666 g/mol. The number of carbonyl (C=O) groups is 1. The second-order valence-corrected chi connectivity index (χ2v) is 12.9. The molecule has 0 bridgehead atoms. The van der Waals surface area contributed by atoms with Crippen molar-refractivity contribution in [1.82, 2.24) is 5.32 Å². The molecule has 0 radical (unpaired) electrons. The summed E-state index contributed by atoms with van der Waals surface area (Å²) in [6, 6.07) is 17.7. The summed E-state index contributed by atoms with van der Waals surface area (Å²) in [5, 5.41) is 12.0. The first-order valence-corrected chi connectivity index (χ1v) is 16.1.